The third-order valence-electron chi connectivity index (χ3n) is 4.37. The number of fused-ring (bicyclic) bond motifs is 1. The van der Waals surface area contributed by atoms with Crippen LogP contribution in [0.5, 0.6) is 0 Å². The van der Waals surface area contributed by atoms with Crippen LogP contribution >= 0.6 is 11.8 Å². The number of carboxylic acids is 1. The molecule has 2 aliphatic heterocycles. The van der Waals surface area contributed by atoms with Crippen LogP contribution in [0.25, 0.3) is 0 Å². The van der Waals surface area contributed by atoms with E-state index < -0.39 is 12.0 Å². The van der Waals surface area contributed by atoms with E-state index in [4.69, 9.17) is 5.11 Å². The highest BCUT2D eigenvalue weighted by atomic mass is 32.2. The molecular weight excluding hydrogens is 330 g/mol. The van der Waals surface area contributed by atoms with E-state index in [0.29, 0.717) is 24.5 Å². The van der Waals surface area contributed by atoms with Gasteiger partial charge < -0.3 is 21.1 Å². The second-order valence-electron chi connectivity index (χ2n) is 6.19. The molecule has 2 saturated heterocycles. The maximum atomic E-state index is 11.9. The number of thioether (sulfide) groups is 1. The molecule has 8 heteroatoms. The lowest BCUT2D eigenvalue weighted by molar-refractivity contribution is -0.142. The first kappa shape index (κ1) is 18.6. The Morgan fingerprint density at radius 2 is 2.21 bits per heavy atom. The summed E-state index contributed by atoms with van der Waals surface area (Å²) in [5, 5.41) is 17.9. The zero-order valence-electron chi connectivity index (χ0n) is 13.6. The third-order valence-corrected chi connectivity index (χ3v) is 5.88. The minimum Gasteiger partial charge on any atom is -0.480 e. The molecule has 24 heavy (non-hydrogen) atoms. The van der Waals surface area contributed by atoms with Crippen LogP contribution in [0.1, 0.15) is 38.5 Å². The fraction of sp³-hybridized carbons (Fsp3) is 0.688. The van der Waals surface area contributed by atoms with E-state index >= 15 is 0 Å². The van der Waals surface area contributed by atoms with Crippen LogP contribution in [-0.4, -0.2) is 52.1 Å². The van der Waals surface area contributed by atoms with Gasteiger partial charge in [0, 0.05) is 17.4 Å². The monoisotopic (exact) mass is 355 g/mol. The molecular formula is C16H25N3O4S. The summed E-state index contributed by atoms with van der Waals surface area (Å²) >= 11 is 1.85. The first-order valence-corrected chi connectivity index (χ1v) is 9.38. The SMILES string of the molecule is C=CCCC(NC(=O)CCCC[C@@H]1SC[C@@H]2NC(=O)N[C@@H]21)C(=O)O. The lowest BCUT2D eigenvalue weighted by Gasteiger charge is -2.17. The van der Waals surface area contributed by atoms with Gasteiger partial charge in [-0.1, -0.05) is 12.5 Å². The lowest BCUT2D eigenvalue weighted by atomic mass is 10.0. The lowest BCUT2D eigenvalue weighted by Crippen LogP contribution is -2.40. The van der Waals surface area contributed by atoms with E-state index in [9.17, 15) is 14.4 Å². The predicted molar refractivity (Wildman–Crippen MR) is 93.0 cm³/mol. The van der Waals surface area contributed by atoms with E-state index in [1.165, 1.54) is 0 Å². The summed E-state index contributed by atoms with van der Waals surface area (Å²) in [7, 11) is 0. The van der Waals surface area contributed by atoms with E-state index in [2.05, 4.69) is 22.5 Å². The normalized spacial score (nSPS) is 26.2. The molecule has 4 atom stereocenters. The summed E-state index contributed by atoms with van der Waals surface area (Å²) in [5.41, 5.74) is 0. The van der Waals surface area contributed by atoms with Crippen LogP contribution in [0.3, 0.4) is 0 Å². The van der Waals surface area contributed by atoms with Gasteiger partial charge in [0.15, 0.2) is 0 Å². The van der Waals surface area contributed by atoms with Crippen LogP contribution in [0, 0.1) is 0 Å². The summed E-state index contributed by atoms with van der Waals surface area (Å²) in [6, 6.07) is -0.529. The Morgan fingerprint density at radius 3 is 2.92 bits per heavy atom. The van der Waals surface area contributed by atoms with Gasteiger partial charge in [-0.2, -0.15) is 11.8 Å². The van der Waals surface area contributed by atoms with E-state index in [1.807, 2.05) is 11.8 Å². The van der Waals surface area contributed by atoms with Crippen molar-refractivity contribution in [2.24, 2.45) is 0 Å². The Kier molecular flexibility index (Phi) is 6.96. The van der Waals surface area contributed by atoms with E-state index in [1.54, 1.807) is 6.08 Å². The van der Waals surface area contributed by atoms with Crippen molar-refractivity contribution in [1.29, 1.82) is 0 Å². The maximum Gasteiger partial charge on any atom is 0.326 e. The largest absolute Gasteiger partial charge is 0.480 e. The van der Waals surface area contributed by atoms with Gasteiger partial charge in [0.25, 0.3) is 0 Å². The molecule has 4 N–H and O–H groups in total. The second kappa shape index (κ2) is 8.96. The van der Waals surface area contributed by atoms with Crippen molar-refractivity contribution >= 4 is 29.7 Å². The zero-order valence-corrected chi connectivity index (χ0v) is 14.4. The number of aliphatic carboxylic acids is 1. The zero-order chi connectivity index (χ0) is 17.5. The Balaban J connectivity index is 1.63. The molecule has 1 unspecified atom stereocenters. The third kappa shape index (κ3) is 5.15. The molecule has 2 rings (SSSR count). The molecule has 0 bridgehead atoms. The quantitative estimate of drug-likeness (QED) is 0.268. The Bertz CT molecular complexity index is 500. The van der Waals surface area contributed by atoms with Crippen LogP contribution in [0.2, 0.25) is 0 Å². The predicted octanol–water partition coefficient (Wildman–Crippen LogP) is 1.25. The fourth-order valence-corrected chi connectivity index (χ4v) is 4.63. The van der Waals surface area contributed by atoms with E-state index in [0.717, 1.165) is 25.0 Å². The molecule has 7 nitrogen and oxygen atoms in total. The van der Waals surface area contributed by atoms with E-state index in [-0.39, 0.29) is 24.0 Å². The second-order valence-corrected chi connectivity index (χ2v) is 7.46. The number of rotatable bonds is 10. The molecule has 0 aromatic rings. The van der Waals surface area contributed by atoms with Crippen molar-refractivity contribution in [2.75, 3.05) is 5.75 Å². The number of carbonyl (C=O) groups is 3. The first-order chi connectivity index (χ1) is 11.5. The molecule has 2 aliphatic rings. The minimum atomic E-state index is -1.01. The number of amides is 3. The summed E-state index contributed by atoms with van der Waals surface area (Å²) in [4.78, 5) is 34.3. The number of carbonyl (C=O) groups excluding carboxylic acids is 2. The molecule has 0 aromatic heterocycles. The number of hydrogen-bond donors (Lipinski definition) is 4. The Labute approximate surface area is 146 Å². The highest BCUT2D eigenvalue weighted by Gasteiger charge is 2.42. The summed E-state index contributed by atoms with van der Waals surface area (Å²) in [6.45, 7) is 3.56. The van der Waals surface area contributed by atoms with Crippen molar-refractivity contribution < 1.29 is 19.5 Å². The molecule has 0 aliphatic carbocycles. The van der Waals surface area contributed by atoms with Gasteiger partial charge in [-0.15, -0.1) is 6.58 Å². The van der Waals surface area contributed by atoms with Crippen LogP contribution in [0.4, 0.5) is 4.79 Å². The van der Waals surface area contributed by atoms with Gasteiger partial charge in [0.2, 0.25) is 5.91 Å². The van der Waals surface area contributed by atoms with Crippen molar-refractivity contribution in [2.45, 2.75) is 61.9 Å². The van der Waals surface area contributed by atoms with Gasteiger partial charge in [-0.3, -0.25) is 4.79 Å². The number of hydrogen-bond acceptors (Lipinski definition) is 4. The highest BCUT2D eigenvalue weighted by molar-refractivity contribution is 8.00. The number of nitrogens with one attached hydrogen (secondary N) is 3. The van der Waals surface area contributed by atoms with Gasteiger partial charge in [-0.05, 0) is 25.7 Å². The molecule has 2 fully saturated rings. The number of carboxylic acid groups (broad SMARTS) is 1. The molecule has 0 spiro atoms. The number of unbranched alkanes of at least 4 members (excludes halogenated alkanes) is 1. The van der Waals surface area contributed by atoms with Crippen molar-refractivity contribution in [3.05, 3.63) is 12.7 Å². The first-order valence-electron chi connectivity index (χ1n) is 8.33. The average Bonchev–Trinajstić information content (AvgIpc) is 3.07. The van der Waals surface area contributed by atoms with Crippen LogP contribution in [-0.2, 0) is 9.59 Å². The average molecular weight is 355 g/mol. The van der Waals surface area contributed by atoms with Crippen molar-refractivity contribution in [3.63, 3.8) is 0 Å². The molecule has 0 saturated carbocycles. The summed E-state index contributed by atoms with van der Waals surface area (Å²) < 4.78 is 0. The van der Waals surface area contributed by atoms with Gasteiger partial charge >= 0.3 is 12.0 Å². The summed E-state index contributed by atoms with van der Waals surface area (Å²) in [5.74, 6) is -0.305. The topological polar surface area (TPSA) is 108 Å². The molecule has 3 amide bonds. The maximum absolute atomic E-state index is 11.9. The molecule has 134 valence electrons. The van der Waals surface area contributed by atoms with Gasteiger partial charge in [0.1, 0.15) is 6.04 Å². The molecule has 0 aromatic carbocycles. The van der Waals surface area contributed by atoms with Gasteiger partial charge in [-0.25, -0.2) is 9.59 Å². The molecule has 2 heterocycles. The molecule has 0 radical (unpaired) electrons. The standard InChI is InChI=1S/C16H25N3O4S/c1-2-3-6-10(15(21)22)17-13(20)8-5-4-7-12-14-11(9-24-12)18-16(23)19-14/h2,10-12,14H,1,3-9H2,(H,17,20)(H,21,22)(H2,18,19,23)/t10?,11-,12-,14-/m0/s1. The number of allylic oxidation sites excluding steroid dienone is 1. The number of urea groups is 1. The van der Waals surface area contributed by atoms with Crippen LogP contribution in [0.15, 0.2) is 12.7 Å². The minimum absolute atomic E-state index is 0.0890. The van der Waals surface area contributed by atoms with Crippen molar-refractivity contribution in [1.82, 2.24) is 16.0 Å². The van der Waals surface area contributed by atoms with Crippen molar-refractivity contribution in [3.8, 4) is 0 Å². The Hall–Kier alpha value is -1.70. The fourth-order valence-electron chi connectivity index (χ4n) is 3.08. The summed E-state index contributed by atoms with van der Waals surface area (Å²) in [6.07, 6.45) is 5.43. The smallest absolute Gasteiger partial charge is 0.326 e. The van der Waals surface area contributed by atoms with Crippen LogP contribution < -0.4 is 16.0 Å². The Morgan fingerprint density at radius 1 is 1.42 bits per heavy atom. The highest BCUT2D eigenvalue weighted by Crippen LogP contribution is 2.33. The van der Waals surface area contributed by atoms with Gasteiger partial charge in [0.05, 0.1) is 12.1 Å².